The van der Waals surface area contributed by atoms with Gasteiger partial charge in [-0.2, -0.15) is 0 Å². The number of nitrogens with one attached hydrogen (secondary N) is 1. The predicted molar refractivity (Wildman–Crippen MR) is 116 cm³/mol. The molecule has 2 aromatic rings. The highest BCUT2D eigenvalue weighted by Gasteiger charge is 2.32. The lowest BCUT2D eigenvalue weighted by Crippen LogP contribution is -2.30. The van der Waals surface area contributed by atoms with Crippen molar-refractivity contribution in [2.75, 3.05) is 11.1 Å². The third kappa shape index (κ3) is 4.83. The van der Waals surface area contributed by atoms with E-state index in [-0.39, 0.29) is 26.1 Å². The lowest BCUT2D eigenvalue weighted by atomic mass is 9.86. The van der Waals surface area contributed by atoms with Crippen molar-refractivity contribution < 1.29 is 16.8 Å². The fourth-order valence-corrected chi connectivity index (χ4v) is 7.98. The molecule has 1 aromatic carbocycles. The van der Waals surface area contributed by atoms with Gasteiger partial charge in [0.1, 0.15) is 5.00 Å². The third-order valence-corrected chi connectivity index (χ3v) is 10.5. The Bertz CT molecular complexity index is 1060. The molecule has 1 aromatic heterocycles. The van der Waals surface area contributed by atoms with Crippen LogP contribution in [0.2, 0.25) is 0 Å². The number of thiazole rings is 1. The minimum atomic E-state index is -3.94. The van der Waals surface area contributed by atoms with Gasteiger partial charge in [-0.15, -0.1) is 0 Å². The van der Waals surface area contributed by atoms with Crippen LogP contribution >= 0.6 is 11.3 Å². The van der Waals surface area contributed by atoms with Crippen LogP contribution in [0.3, 0.4) is 0 Å². The van der Waals surface area contributed by atoms with Crippen LogP contribution in [0.15, 0.2) is 38.5 Å². The van der Waals surface area contributed by atoms with Gasteiger partial charge in [0.2, 0.25) is 24.0 Å². The van der Waals surface area contributed by atoms with E-state index in [4.69, 9.17) is 0 Å². The summed E-state index contributed by atoms with van der Waals surface area (Å²) in [5.74, 6) is 0.334. The number of aryl methyl sites for hydroxylation is 1. The number of sulfone groups is 2. The van der Waals surface area contributed by atoms with E-state index in [1.807, 2.05) is 6.92 Å². The Kier molecular flexibility index (Phi) is 6.70. The molecule has 0 saturated heterocycles. The largest absolute Gasteiger partial charge is 0.371 e. The van der Waals surface area contributed by atoms with Gasteiger partial charge in [-0.05, 0) is 44.2 Å². The average molecular weight is 457 g/mol. The van der Waals surface area contributed by atoms with Crippen molar-refractivity contribution in [1.29, 1.82) is 0 Å². The molecule has 0 radical (unpaired) electrons. The summed E-state index contributed by atoms with van der Waals surface area (Å²) in [6.07, 6.45) is 4.68. The summed E-state index contributed by atoms with van der Waals surface area (Å²) >= 11 is 0.937. The Balaban J connectivity index is 2.08. The maximum absolute atomic E-state index is 13.3. The zero-order chi connectivity index (χ0) is 21.2. The van der Waals surface area contributed by atoms with Crippen LogP contribution in [0.1, 0.15) is 51.5 Å². The molecule has 2 atom stereocenters. The second kappa shape index (κ2) is 8.73. The Morgan fingerprint density at radius 3 is 2.38 bits per heavy atom. The second-order valence-corrected chi connectivity index (χ2v) is 12.9. The van der Waals surface area contributed by atoms with Gasteiger partial charge in [0.15, 0.2) is 5.03 Å². The molecule has 0 spiro atoms. The maximum atomic E-state index is 13.3. The van der Waals surface area contributed by atoms with E-state index in [9.17, 15) is 16.8 Å². The summed E-state index contributed by atoms with van der Waals surface area (Å²) in [5.41, 5.74) is 0.947. The molecule has 1 aliphatic carbocycles. The van der Waals surface area contributed by atoms with Crippen molar-refractivity contribution in [3.63, 3.8) is 0 Å². The van der Waals surface area contributed by atoms with Crippen molar-refractivity contribution >= 4 is 36.0 Å². The minimum absolute atomic E-state index is 0.0518. The molecule has 29 heavy (non-hydrogen) atoms. The van der Waals surface area contributed by atoms with Gasteiger partial charge in [-0.3, -0.25) is 0 Å². The lowest BCUT2D eigenvalue weighted by Gasteiger charge is -2.29. The molecule has 160 valence electrons. The van der Waals surface area contributed by atoms with E-state index in [2.05, 4.69) is 17.2 Å². The standard InChI is InChI=1S/C20H28N2O4S3/c1-4-13-28(23,24)20-22-19(29(25,26)16-11-9-14(2)10-12-16)18(27-20)21-17-8-6-5-7-15(17)3/h9-12,15,17,21H,4-8,13H2,1-3H3/t15-,17+/m1/s1. The zero-order valence-electron chi connectivity index (χ0n) is 17.0. The molecule has 0 bridgehead atoms. The third-order valence-electron chi connectivity index (χ3n) is 5.33. The van der Waals surface area contributed by atoms with Gasteiger partial charge in [-0.1, -0.05) is 55.7 Å². The number of anilines is 1. The Labute approximate surface area is 177 Å². The second-order valence-electron chi connectivity index (χ2n) is 7.76. The summed E-state index contributed by atoms with van der Waals surface area (Å²) in [6, 6.07) is 6.64. The van der Waals surface area contributed by atoms with Gasteiger partial charge in [0, 0.05) is 6.04 Å². The smallest absolute Gasteiger partial charge is 0.226 e. The van der Waals surface area contributed by atoms with E-state index < -0.39 is 19.7 Å². The van der Waals surface area contributed by atoms with E-state index in [1.165, 1.54) is 12.1 Å². The van der Waals surface area contributed by atoms with Gasteiger partial charge in [-0.25, -0.2) is 21.8 Å². The molecule has 0 unspecified atom stereocenters. The molecule has 1 saturated carbocycles. The first-order valence-electron chi connectivity index (χ1n) is 9.97. The summed E-state index contributed by atoms with van der Waals surface area (Å²) in [4.78, 5) is 4.26. The first-order valence-corrected chi connectivity index (χ1v) is 13.9. The Morgan fingerprint density at radius 2 is 1.76 bits per heavy atom. The number of nitrogens with zero attached hydrogens (tertiary/aromatic N) is 1. The monoisotopic (exact) mass is 456 g/mol. The topological polar surface area (TPSA) is 93.2 Å². The minimum Gasteiger partial charge on any atom is -0.371 e. The van der Waals surface area contributed by atoms with Crippen molar-refractivity contribution in [3.05, 3.63) is 29.8 Å². The van der Waals surface area contributed by atoms with E-state index >= 15 is 0 Å². The fraction of sp³-hybridized carbons (Fsp3) is 0.550. The first kappa shape index (κ1) is 22.2. The van der Waals surface area contributed by atoms with Crippen LogP contribution in [0.4, 0.5) is 5.00 Å². The summed E-state index contributed by atoms with van der Waals surface area (Å²) in [7, 11) is -7.55. The van der Waals surface area contributed by atoms with E-state index in [0.717, 1.165) is 42.6 Å². The summed E-state index contributed by atoms with van der Waals surface area (Å²) in [6.45, 7) is 5.80. The highest BCUT2D eigenvalue weighted by Crippen LogP contribution is 2.37. The van der Waals surface area contributed by atoms with Crippen LogP contribution < -0.4 is 5.32 Å². The highest BCUT2D eigenvalue weighted by molar-refractivity contribution is 7.94. The SMILES string of the molecule is CCCS(=O)(=O)c1nc(S(=O)(=O)c2ccc(C)cc2)c(N[C@H]2CCCC[C@H]2C)s1. The molecule has 6 nitrogen and oxygen atoms in total. The van der Waals surface area contributed by atoms with Crippen molar-refractivity contribution in [2.24, 2.45) is 5.92 Å². The van der Waals surface area contributed by atoms with Crippen LogP contribution in [-0.2, 0) is 19.7 Å². The molecule has 9 heteroatoms. The van der Waals surface area contributed by atoms with Crippen LogP contribution in [-0.4, -0.2) is 33.6 Å². The van der Waals surface area contributed by atoms with Gasteiger partial charge >= 0.3 is 0 Å². The predicted octanol–water partition coefficient (Wildman–Crippen LogP) is 4.46. The first-order chi connectivity index (χ1) is 13.6. The normalized spacial score (nSPS) is 20.5. The van der Waals surface area contributed by atoms with Crippen LogP contribution in [0.5, 0.6) is 0 Å². The molecule has 1 fully saturated rings. The van der Waals surface area contributed by atoms with Gasteiger partial charge < -0.3 is 5.32 Å². The molecular formula is C20H28N2O4S3. The van der Waals surface area contributed by atoms with E-state index in [1.54, 1.807) is 19.1 Å². The van der Waals surface area contributed by atoms with Crippen LogP contribution in [0.25, 0.3) is 0 Å². The van der Waals surface area contributed by atoms with Crippen molar-refractivity contribution in [1.82, 2.24) is 4.98 Å². The van der Waals surface area contributed by atoms with Gasteiger partial charge in [0.05, 0.1) is 10.6 Å². The molecule has 0 aliphatic heterocycles. The summed E-state index contributed by atoms with van der Waals surface area (Å²) < 4.78 is 51.6. The van der Waals surface area contributed by atoms with Crippen molar-refractivity contribution in [3.8, 4) is 0 Å². The highest BCUT2D eigenvalue weighted by atomic mass is 32.2. The molecular weight excluding hydrogens is 428 g/mol. The zero-order valence-corrected chi connectivity index (χ0v) is 19.5. The maximum Gasteiger partial charge on any atom is 0.226 e. The molecule has 1 N–H and O–H groups in total. The quantitative estimate of drug-likeness (QED) is 0.661. The fourth-order valence-electron chi connectivity index (χ4n) is 3.58. The lowest BCUT2D eigenvalue weighted by molar-refractivity contribution is 0.349. The Morgan fingerprint density at radius 1 is 1.10 bits per heavy atom. The molecule has 1 heterocycles. The number of benzene rings is 1. The summed E-state index contributed by atoms with van der Waals surface area (Å²) in [5, 5.41) is 3.48. The number of hydrogen-bond acceptors (Lipinski definition) is 7. The number of rotatable bonds is 7. The van der Waals surface area contributed by atoms with Crippen molar-refractivity contribution in [2.45, 2.75) is 73.2 Å². The number of aromatic nitrogens is 1. The van der Waals surface area contributed by atoms with Gasteiger partial charge in [0.25, 0.3) is 0 Å². The molecule has 1 aliphatic rings. The Hall–Kier alpha value is -1.45. The number of hydrogen-bond donors (Lipinski definition) is 1. The van der Waals surface area contributed by atoms with Crippen LogP contribution in [0, 0.1) is 12.8 Å². The molecule has 0 amide bonds. The average Bonchev–Trinajstić information content (AvgIpc) is 3.10. The molecule has 3 rings (SSSR count). The van der Waals surface area contributed by atoms with E-state index in [0.29, 0.717) is 17.3 Å².